The highest BCUT2D eigenvalue weighted by Crippen LogP contribution is 2.64. The minimum absolute atomic E-state index is 0.0637. The first-order valence-corrected chi connectivity index (χ1v) is 14.6. The van der Waals surface area contributed by atoms with Gasteiger partial charge in [0.25, 0.3) is 0 Å². The Labute approximate surface area is 214 Å². The van der Waals surface area contributed by atoms with Crippen LogP contribution in [0.25, 0.3) is 11.1 Å². The predicted molar refractivity (Wildman–Crippen MR) is 144 cm³/mol. The van der Waals surface area contributed by atoms with Gasteiger partial charge in [-0.15, -0.1) is 0 Å². The average molecular weight is 485 g/mol. The lowest BCUT2D eigenvalue weighted by atomic mass is 9.47. The second kappa shape index (κ2) is 7.14. The summed E-state index contributed by atoms with van der Waals surface area (Å²) < 4.78 is 0. The Kier molecular flexibility index (Phi) is 4.30. The number of hydrogen-bond acceptors (Lipinski definition) is 4. The lowest BCUT2D eigenvalue weighted by molar-refractivity contribution is -0.00628. The third kappa shape index (κ3) is 2.99. The third-order valence-electron chi connectivity index (χ3n) is 11.8. The molecule has 8 bridgehead atoms. The molecule has 36 heavy (non-hydrogen) atoms. The number of nitrogens with two attached hydrogens (primary N) is 2. The van der Waals surface area contributed by atoms with Crippen LogP contribution in [0.5, 0.6) is 11.5 Å². The van der Waals surface area contributed by atoms with Crippen LogP contribution >= 0.6 is 0 Å². The van der Waals surface area contributed by atoms with Gasteiger partial charge in [0.05, 0.1) is 11.4 Å². The lowest BCUT2D eigenvalue weighted by Crippen LogP contribution is -2.48. The van der Waals surface area contributed by atoms with Crippen LogP contribution in [0.15, 0.2) is 24.3 Å². The molecule has 2 aromatic rings. The van der Waals surface area contributed by atoms with Crippen molar-refractivity contribution in [2.24, 2.45) is 35.5 Å². The maximum atomic E-state index is 11.2. The molecule has 0 unspecified atom stereocenters. The van der Waals surface area contributed by atoms with E-state index in [1.165, 1.54) is 77.0 Å². The molecule has 0 aliphatic heterocycles. The Morgan fingerprint density at radius 3 is 1.06 bits per heavy atom. The van der Waals surface area contributed by atoms with Gasteiger partial charge in [0.1, 0.15) is 11.5 Å². The van der Waals surface area contributed by atoms with Gasteiger partial charge in [-0.2, -0.15) is 0 Å². The van der Waals surface area contributed by atoms with E-state index in [0.29, 0.717) is 22.9 Å². The van der Waals surface area contributed by atoms with Crippen LogP contribution in [0.4, 0.5) is 11.4 Å². The van der Waals surface area contributed by atoms with Gasteiger partial charge in [-0.1, -0.05) is 0 Å². The van der Waals surface area contributed by atoms with Crippen molar-refractivity contribution in [3.8, 4) is 22.6 Å². The molecule has 10 rings (SSSR count). The van der Waals surface area contributed by atoms with Gasteiger partial charge in [0, 0.05) is 11.1 Å². The Hall–Kier alpha value is -2.36. The van der Waals surface area contributed by atoms with Gasteiger partial charge >= 0.3 is 0 Å². The molecule has 8 aliphatic rings. The summed E-state index contributed by atoms with van der Waals surface area (Å²) in [6, 6.07) is 8.31. The first kappa shape index (κ1) is 21.7. The van der Waals surface area contributed by atoms with E-state index in [-0.39, 0.29) is 10.8 Å². The molecule has 8 fully saturated rings. The van der Waals surface area contributed by atoms with Crippen LogP contribution in [0.3, 0.4) is 0 Å². The number of aromatic hydroxyl groups is 2. The SMILES string of the molecule is Nc1cc(-c2cc(N)c(O)c(C34CC5CC(CC(C5)C3)C4)c2)cc(C23CC4CC(CC(C4)C2)C3)c1O. The zero-order chi connectivity index (χ0) is 24.4. The predicted octanol–water partition coefficient (Wildman–Crippen LogP) is 6.86. The molecule has 0 radical (unpaired) electrons. The largest absolute Gasteiger partial charge is 0.505 e. The Morgan fingerprint density at radius 1 is 0.500 bits per heavy atom. The van der Waals surface area contributed by atoms with E-state index in [1.807, 2.05) is 12.1 Å². The molecule has 0 atom stereocenters. The molecule has 0 saturated heterocycles. The number of nitrogen functional groups attached to an aromatic ring is 2. The number of benzene rings is 2. The highest BCUT2D eigenvalue weighted by Gasteiger charge is 2.54. The molecule has 0 amide bonds. The molecule has 0 spiro atoms. The van der Waals surface area contributed by atoms with Gasteiger partial charge in [0.15, 0.2) is 0 Å². The highest BCUT2D eigenvalue weighted by atomic mass is 16.3. The molecule has 8 aliphatic carbocycles. The fraction of sp³-hybridized carbons (Fsp3) is 0.625. The van der Waals surface area contributed by atoms with Gasteiger partial charge in [-0.05, 0) is 159 Å². The van der Waals surface area contributed by atoms with Crippen LogP contribution in [0.2, 0.25) is 0 Å². The summed E-state index contributed by atoms with van der Waals surface area (Å²) in [5, 5.41) is 22.5. The van der Waals surface area contributed by atoms with Gasteiger partial charge in [0.2, 0.25) is 0 Å². The van der Waals surface area contributed by atoms with E-state index >= 15 is 0 Å². The summed E-state index contributed by atoms with van der Waals surface area (Å²) in [6.07, 6.45) is 15.4. The second-order valence-electron chi connectivity index (χ2n) is 14.3. The first-order chi connectivity index (χ1) is 17.3. The fourth-order valence-corrected chi connectivity index (χ4v) is 11.3. The molecule has 6 N–H and O–H groups in total. The number of phenolic OH excluding ortho intramolecular Hbond substituents is 2. The molecule has 8 saturated carbocycles. The third-order valence-corrected chi connectivity index (χ3v) is 11.8. The average Bonchev–Trinajstić information content (AvgIpc) is 2.80. The topological polar surface area (TPSA) is 92.5 Å². The lowest BCUT2D eigenvalue weighted by Gasteiger charge is -2.57. The van der Waals surface area contributed by atoms with E-state index in [2.05, 4.69) is 12.1 Å². The van der Waals surface area contributed by atoms with Crippen molar-refractivity contribution < 1.29 is 10.2 Å². The van der Waals surface area contributed by atoms with Crippen molar-refractivity contribution in [2.75, 3.05) is 11.5 Å². The van der Waals surface area contributed by atoms with E-state index in [4.69, 9.17) is 11.5 Å². The Balaban J connectivity index is 1.24. The van der Waals surface area contributed by atoms with Gasteiger partial charge in [-0.3, -0.25) is 0 Å². The van der Waals surface area contributed by atoms with Crippen molar-refractivity contribution in [3.63, 3.8) is 0 Å². The molecular formula is C32H40N2O2. The van der Waals surface area contributed by atoms with E-state index < -0.39 is 0 Å². The summed E-state index contributed by atoms with van der Waals surface area (Å²) in [5.74, 6) is 5.39. The molecule has 0 heterocycles. The summed E-state index contributed by atoms with van der Waals surface area (Å²) in [5.41, 5.74) is 18.3. The maximum Gasteiger partial charge on any atom is 0.142 e. The summed E-state index contributed by atoms with van der Waals surface area (Å²) in [7, 11) is 0. The zero-order valence-electron chi connectivity index (χ0n) is 21.3. The Morgan fingerprint density at radius 2 is 0.778 bits per heavy atom. The maximum absolute atomic E-state index is 11.2. The summed E-state index contributed by atoms with van der Waals surface area (Å²) in [6.45, 7) is 0. The smallest absolute Gasteiger partial charge is 0.142 e. The number of anilines is 2. The van der Waals surface area contributed by atoms with Crippen molar-refractivity contribution in [2.45, 2.75) is 87.9 Å². The molecule has 4 heteroatoms. The first-order valence-electron chi connectivity index (χ1n) is 14.6. The second-order valence-corrected chi connectivity index (χ2v) is 14.3. The van der Waals surface area contributed by atoms with Crippen LogP contribution < -0.4 is 11.5 Å². The van der Waals surface area contributed by atoms with Gasteiger partial charge < -0.3 is 21.7 Å². The molecule has 190 valence electrons. The molecule has 2 aromatic carbocycles. The number of phenols is 2. The van der Waals surface area contributed by atoms with Crippen LogP contribution in [0, 0.1) is 35.5 Å². The van der Waals surface area contributed by atoms with E-state index in [9.17, 15) is 10.2 Å². The minimum Gasteiger partial charge on any atom is -0.505 e. The normalized spacial score (nSPS) is 41.8. The van der Waals surface area contributed by atoms with Crippen LogP contribution in [0.1, 0.15) is 88.2 Å². The highest BCUT2D eigenvalue weighted by molar-refractivity contribution is 5.78. The summed E-state index contributed by atoms with van der Waals surface area (Å²) >= 11 is 0. The number of rotatable bonds is 3. The van der Waals surface area contributed by atoms with Crippen molar-refractivity contribution in [3.05, 3.63) is 35.4 Å². The molecule has 4 nitrogen and oxygen atoms in total. The number of hydrogen-bond donors (Lipinski definition) is 4. The van der Waals surface area contributed by atoms with Crippen LogP contribution in [-0.2, 0) is 10.8 Å². The zero-order valence-corrected chi connectivity index (χ0v) is 21.3. The van der Waals surface area contributed by atoms with Crippen molar-refractivity contribution in [1.82, 2.24) is 0 Å². The van der Waals surface area contributed by atoms with E-state index in [1.54, 1.807) is 0 Å². The fourth-order valence-electron chi connectivity index (χ4n) is 11.3. The van der Waals surface area contributed by atoms with E-state index in [0.717, 1.165) is 57.8 Å². The molecular weight excluding hydrogens is 444 g/mol. The Bertz CT molecular complexity index is 1100. The quantitative estimate of drug-likeness (QED) is 0.283. The monoisotopic (exact) mass is 484 g/mol. The van der Waals surface area contributed by atoms with Crippen molar-refractivity contribution >= 4 is 11.4 Å². The minimum atomic E-state index is 0.0637. The molecule has 0 aromatic heterocycles. The standard InChI is InChI=1S/C32H40N2O2/c33-27-9-23(7-25(29(27)35)31-11-17-1-18(12-31)3-19(2-17)13-31)24-8-26(30(36)28(34)10-24)32-14-20-4-21(15-32)6-22(5-20)16-32/h7-10,17-22,35-36H,1-6,11-16,33-34H2. The summed E-state index contributed by atoms with van der Waals surface area (Å²) in [4.78, 5) is 0. The van der Waals surface area contributed by atoms with Gasteiger partial charge in [-0.25, -0.2) is 0 Å². The van der Waals surface area contributed by atoms with Crippen molar-refractivity contribution in [1.29, 1.82) is 0 Å². The van der Waals surface area contributed by atoms with Crippen LogP contribution in [-0.4, -0.2) is 10.2 Å².